The Kier molecular flexibility index (Phi) is 7.57. The number of amidine groups is 1. The van der Waals surface area contributed by atoms with Crippen molar-refractivity contribution < 1.29 is 18.0 Å². The molecule has 1 aliphatic rings. The summed E-state index contributed by atoms with van der Waals surface area (Å²) in [6.45, 7) is 0. The molecule has 0 aliphatic carbocycles. The molecule has 0 saturated carbocycles. The van der Waals surface area contributed by atoms with Crippen LogP contribution in [0, 0.1) is 0 Å². The number of amides is 2. The van der Waals surface area contributed by atoms with Gasteiger partial charge in [-0.25, -0.2) is 28.3 Å². The SMILES string of the molecule is Nc1c(C(=O)N/N=C2\NC(=O)/C(=C/c3cn(-c4ccccc4)nc3-c3ccccc3)S2)cnn1-c1ccc(S(N)(=O)=O)cc1. The number of carbonyl (C=O) groups is 2. The van der Waals surface area contributed by atoms with Crippen molar-refractivity contribution in [2.45, 2.75) is 4.90 Å². The van der Waals surface area contributed by atoms with Crippen LogP contribution in [-0.2, 0) is 14.8 Å². The molecule has 15 heteroatoms. The fourth-order valence-electron chi connectivity index (χ4n) is 4.33. The molecule has 3 heterocycles. The first-order valence-electron chi connectivity index (χ1n) is 12.9. The first-order valence-corrected chi connectivity index (χ1v) is 15.3. The number of hydrogen-bond donors (Lipinski definition) is 4. The summed E-state index contributed by atoms with van der Waals surface area (Å²) in [4.78, 5) is 26.0. The largest absolute Gasteiger partial charge is 0.383 e. The minimum Gasteiger partial charge on any atom is -0.383 e. The summed E-state index contributed by atoms with van der Waals surface area (Å²) in [7, 11) is -3.87. The maximum absolute atomic E-state index is 12.9. The summed E-state index contributed by atoms with van der Waals surface area (Å²) in [5.74, 6) is -1.05. The predicted octanol–water partition coefficient (Wildman–Crippen LogP) is 2.86. The molecule has 44 heavy (non-hydrogen) atoms. The van der Waals surface area contributed by atoms with E-state index in [1.165, 1.54) is 35.1 Å². The Labute approximate surface area is 255 Å². The monoisotopic (exact) mass is 625 g/mol. The molecule has 5 aromatic rings. The topological polar surface area (TPSA) is 192 Å². The van der Waals surface area contributed by atoms with E-state index in [0.29, 0.717) is 16.3 Å². The van der Waals surface area contributed by atoms with Crippen LogP contribution in [0.15, 0.2) is 112 Å². The summed E-state index contributed by atoms with van der Waals surface area (Å²) < 4.78 is 26.0. The van der Waals surface area contributed by atoms with E-state index in [1.807, 2.05) is 66.9 Å². The zero-order valence-electron chi connectivity index (χ0n) is 22.7. The number of anilines is 1. The third-order valence-corrected chi connectivity index (χ3v) is 8.31. The molecule has 0 bridgehead atoms. The van der Waals surface area contributed by atoms with Gasteiger partial charge < -0.3 is 5.73 Å². The number of aromatic nitrogens is 4. The second-order valence-electron chi connectivity index (χ2n) is 9.40. The van der Waals surface area contributed by atoms with Crippen LogP contribution in [0.1, 0.15) is 15.9 Å². The predicted molar refractivity (Wildman–Crippen MR) is 167 cm³/mol. The van der Waals surface area contributed by atoms with Crippen molar-refractivity contribution in [2.24, 2.45) is 10.2 Å². The highest BCUT2D eigenvalue weighted by Crippen LogP contribution is 2.31. The number of rotatable bonds is 7. The van der Waals surface area contributed by atoms with E-state index in [1.54, 1.807) is 10.8 Å². The molecular formula is C29H23N9O4S2. The van der Waals surface area contributed by atoms with Crippen LogP contribution in [0.3, 0.4) is 0 Å². The van der Waals surface area contributed by atoms with Crippen molar-refractivity contribution in [3.05, 3.63) is 113 Å². The fourth-order valence-corrected chi connectivity index (χ4v) is 5.61. The smallest absolute Gasteiger partial charge is 0.276 e. The van der Waals surface area contributed by atoms with E-state index in [4.69, 9.17) is 16.0 Å². The lowest BCUT2D eigenvalue weighted by atomic mass is 10.1. The second kappa shape index (κ2) is 11.6. The zero-order valence-corrected chi connectivity index (χ0v) is 24.3. The lowest BCUT2D eigenvalue weighted by Gasteiger charge is -2.06. The average Bonchev–Trinajstić information content (AvgIpc) is 3.73. The average molecular weight is 626 g/mol. The number of hydrazone groups is 1. The molecule has 2 aromatic heterocycles. The number of sulfonamides is 1. The van der Waals surface area contributed by atoms with E-state index in [9.17, 15) is 18.0 Å². The lowest BCUT2D eigenvalue weighted by Crippen LogP contribution is -2.25. The van der Waals surface area contributed by atoms with Crippen LogP contribution >= 0.6 is 11.8 Å². The van der Waals surface area contributed by atoms with Crippen LogP contribution in [0.25, 0.3) is 28.7 Å². The second-order valence-corrected chi connectivity index (χ2v) is 12.0. The summed E-state index contributed by atoms with van der Waals surface area (Å²) in [5.41, 5.74) is 12.1. The number of nitrogens with two attached hydrogens (primary N) is 2. The first-order chi connectivity index (χ1) is 21.2. The van der Waals surface area contributed by atoms with E-state index < -0.39 is 15.9 Å². The molecule has 6 N–H and O–H groups in total. The number of nitrogens with one attached hydrogen (secondary N) is 2. The molecule has 6 rings (SSSR count). The van der Waals surface area contributed by atoms with Crippen LogP contribution in [-0.4, -0.2) is 45.0 Å². The summed E-state index contributed by atoms with van der Waals surface area (Å²) in [6.07, 6.45) is 4.82. The van der Waals surface area contributed by atoms with Gasteiger partial charge in [0.25, 0.3) is 11.8 Å². The Balaban J connectivity index is 1.20. The Morgan fingerprint density at radius 3 is 2.34 bits per heavy atom. The van der Waals surface area contributed by atoms with Gasteiger partial charge >= 0.3 is 0 Å². The lowest BCUT2D eigenvalue weighted by molar-refractivity contribution is -0.115. The molecule has 0 radical (unpaired) electrons. The van der Waals surface area contributed by atoms with Gasteiger partial charge in [0.1, 0.15) is 11.4 Å². The van der Waals surface area contributed by atoms with Gasteiger partial charge in [0.05, 0.1) is 33.1 Å². The van der Waals surface area contributed by atoms with E-state index in [2.05, 4.69) is 20.9 Å². The quantitative estimate of drug-likeness (QED) is 0.157. The van der Waals surface area contributed by atoms with Gasteiger partial charge in [-0.2, -0.15) is 10.2 Å². The molecule has 1 fully saturated rings. The Bertz CT molecular complexity index is 2050. The summed E-state index contributed by atoms with van der Waals surface area (Å²) >= 11 is 1.06. The van der Waals surface area contributed by atoms with Crippen molar-refractivity contribution in [1.29, 1.82) is 0 Å². The molecule has 1 saturated heterocycles. The van der Waals surface area contributed by atoms with Gasteiger partial charge in [-0.1, -0.05) is 48.5 Å². The van der Waals surface area contributed by atoms with Gasteiger partial charge in [0, 0.05) is 17.3 Å². The number of benzene rings is 3. The number of nitrogens with zero attached hydrogens (tertiary/aromatic N) is 5. The van der Waals surface area contributed by atoms with E-state index in [-0.39, 0.29) is 27.4 Å². The molecular weight excluding hydrogens is 603 g/mol. The first kappa shape index (κ1) is 28.6. The number of hydrogen-bond acceptors (Lipinski definition) is 9. The highest BCUT2D eigenvalue weighted by molar-refractivity contribution is 8.18. The molecule has 0 unspecified atom stereocenters. The van der Waals surface area contributed by atoms with E-state index >= 15 is 0 Å². The molecule has 0 spiro atoms. The molecule has 3 aromatic carbocycles. The molecule has 0 atom stereocenters. The third kappa shape index (κ3) is 5.87. The maximum Gasteiger partial charge on any atom is 0.276 e. The van der Waals surface area contributed by atoms with E-state index in [0.717, 1.165) is 28.6 Å². The molecule has 220 valence electrons. The third-order valence-electron chi connectivity index (χ3n) is 6.47. The minimum absolute atomic E-state index is 0.00128. The van der Waals surface area contributed by atoms with Crippen LogP contribution in [0.2, 0.25) is 0 Å². The Morgan fingerprint density at radius 2 is 1.66 bits per heavy atom. The van der Waals surface area contributed by atoms with Crippen LogP contribution in [0.4, 0.5) is 5.82 Å². The number of primary sulfonamides is 1. The molecule has 2 amide bonds. The standard InChI is InChI=1S/C29H23N9O4S2/c30-26-23(16-32-38(26)21-11-13-22(14-12-21)44(31,41)42)27(39)34-35-29-33-28(40)24(43-29)15-19-17-37(20-9-5-2-6-10-20)36-25(19)18-7-3-1-4-8-18/h1-17H,30H2,(H,34,39)(H2,31,41,42)(H,33,35,40)/b24-15-. The van der Waals surface area contributed by atoms with Crippen molar-refractivity contribution in [3.63, 3.8) is 0 Å². The summed E-state index contributed by atoms with van der Waals surface area (Å²) in [6, 6.07) is 24.8. The highest BCUT2D eigenvalue weighted by atomic mass is 32.2. The molecule has 1 aliphatic heterocycles. The summed E-state index contributed by atoms with van der Waals surface area (Å²) in [5, 5.41) is 20.9. The van der Waals surface area contributed by atoms with Gasteiger partial charge in [-0.3, -0.25) is 14.9 Å². The molecule has 13 nitrogen and oxygen atoms in total. The maximum atomic E-state index is 12.9. The van der Waals surface area contributed by atoms with Gasteiger partial charge in [0.2, 0.25) is 10.0 Å². The normalized spacial score (nSPS) is 15.1. The van der Waals surface area contributed by atoms with Gasteiger partial charge in [-0.15, -0.1) is 5.10 Å². The van der Waals surface area contributed by atoms with Crippen molar-refractivity contribution in [3.8, 4) is 22.6 Å². The van der Waals surface area contributed by atoms with Gasteiger partial charge in [-0.05, 0) is 54.2 Å². The zero-order chi connectivity index (χ0) is 30.8. The van der Waals surface area contributed by atoms with Crippen molar-refractivity contribution in [2.75, 3.05) is 5.73 Å². The van der Waals surface area contributed by atoms with Gasteiger partial charge in [0.15, 0.2) is 5.17 Å². The number of carbonyl (C=O) groups excluding carboxylic acids is 2. The number of para-hydroxylation sites is 1. The van der Waals surface area contributed by atoms with Crippen molar-refractivity contribution in [1.82, 2.24) is 30.3 Å². The van der Waals surface area contributed by atoms with Crippen LogP contribution in [0.5, 0.6) is 0 Å². The number of nitrogen functional groups attached to an aromatic ring is 1. The highest BCUT2D eigenvalue weighted by Gasteiger charge is 2.26. The Hall–Kier alpha value is -5.51. The Morgan fingerprint density at radius 1 is 0.977 bits per heavy atom. The van der Waals surface area contributed by atoms with Crippen molar-refractivity contribution >= 4 is 50.7 Å². The van der Waals surface area contributed by atoms with Crippen LogP contribution < -0.4 is 21.6 Å². The number of thioether (sulfide) groups is 1. The minimum atomic E-state index is -3.87. The fraction of sp³-hybridized carbons (Fsp3) is 0.